The second-order valence-electron chi connectivity index (χ2n) is 4.05. The molecule has 2 rings (SSSR count). The summed E-state index contributed by atoms with van der Waals surface area (Å²) >= 11 is 0. The van der Waals surface area contributed by atoms with Gasteiger partial charge >= 0.3 is 5.97 Å². The van der Waals surface area contributed by atoms with Gasteiger partial charge in [-0.3, -0.25) is 14.3 Å². The lowest BCUT2D eigenvalue weighted by atomic mass is 10.1. The molecule has 2 heterocycles. The first kappa shape index (κ1) is 13.1. The number of nitrogens with one attached hydrogen (secondary N) is 1. The minimum Gasteiger partial charge on any atom is -0.462 e. The highest BCUT2D eigenvalue weighted by Crippen LogP contribution is 2.15. The Hall–Kier alpha value is -2.37. The van der Waals surface area contributed by atoms with Crippen molar-refractivity contribution in [1.82, 2.24) is 9.61 Å². The van der Waals surface area contributed by atoms with E-state index < -0.39 is 5.97 Å². The van der Waals surface area contributed by atoms with Crippen molar-refractivity contribution in [3.05, 3.63) is 39.3 Å². The molecule has 0 bridgehead atoms. The van der Waals surface area contributed by atoms with Crippen molar-refractivity contribution in [1.29, 1.82) is 0 Å². The number of ether oxygens (including phenoxy) is 1. The van der Waals surface area contributed by atoms with Gasteiger partial charge in [-0.05, 0) is 19.4 Å². The molecule has 0 fully saturated rings. The fraction of sp³-hybridized carbons (Fsp3) is 0.308. The van der Waals surface area contributed by atoms with Gasteiger partial charge in [0.25, 0.3) is 0 Å². The average molecular weight is 261 g/mol. The lowest BCUT2D eigenvalue weighted by Crippen LogP contribution is -2.13. The highest BCUT2D eigenvalue weighted by Gasteiger charge is 2.17. The zero-order chi connectivity index (χ0) is 14.0. The van der Waals surface area contributed by atoms with E-state index in [0.717, 1.165) is 0 Å². The summed E-state index contributed by atoms with van der Waals surface area (Å²) < 4.78 is 6.49. The zero-order valence-corrected chi connectivity index (χ0v) is 11.1. The SMILES string of the molecule is CCOC(=O)c1cn2[nH]cc(C=NC)c(=O)c2c1C. The topological polar surface area (TPSA) is 75.9 Å². The molecule has 2 aromatic rings. The summed E-state index contributed by atoms with van der Waals surface area (Å²) in [6, 6.07) is 0. The Morgan fingerprint density at radius 1 is 1.58 bits per heavy atom. The van der Waals surface area contributed by atoms with E-state index in [1.807, 2.05) is 0 Å². The van der Waals surface area contributed by atoms with Crippen LogP contribution >= 0.6 is 0 Å². The fourth-order valence-corrected chi connectivity index (χ4v) is 1.97. The molecule has 0 aliphatic heterocycles. The summed E-state index contributed by atoms with van der Waals surface area (Å²) in [5, 5.41) is 2.92. The number of aromatic nitrogens is 2. The maximum absolute atomic E-state index is 12.2. The van der Waals surface area contributed by atoms with Gasteiger partial charge in [0.1, 0.15) is 5.52 Å². The van der Waals surface area contributed by atoms with Gasteiger partial charge < -0.3 is 9.84 Å². The van der Waals surface area contributed by atoms with Crippen LogP contribution in [0.25, 0.3) is 5.52 Å². The first-order valence-corrected chi connectivity index (χ1v) is 5.92. The van der Waals surface area contributed by atoms with Gasteiger partial charge in [0.2, 0.25) is 5.43 Å². The number of hydrogen-bond acceptors (Lipinski definition) is 4. The molecule has 0 unspecified atom stereocenters. The molecule has 0 aliphatic carbocycles. The third-order valence-electron chi connectivity index (χ3n) is 2.86. The summed E-state index contributed by atoms with van der Waals surface area (Å²) in [6.45, 7) is 3.76. The second-order valence-corrected chi connectivity index (χ2v) is 4.05. The monoisotopic (exact) mass is 261 g/mol. The number of hydrogen-bond donors (Lipinski definition) is 1. The first-order valence-electron chi connectivity index (χ1n) is 5.92. The molecule has 0 aliphatic rings. The van der Waals surface area contributed by atoms with Crippen LogP contribution in [0.4, 0.5) is 0 Å². The van der Waals surface area contributed by atoms with E-state index in [-0.39, 0.29) is 5.43 Å². The van der Waals surface area contributed by atoms with Gasteiger partial charge in [0.15, 0.2) is 0 Å². The molecule has 2 aromatic heterocycles. The van der Waals surface area contributed by atoms with E-state index in [0.29, 0.717) is 28.8 Å². The van der Waals surface area contributed by atoms with Crippen LogP contribution in [0.15, 0.2) is 22.2 Å². The van der Waals surface area contributed by atoms with Gasteiger partial charge in [-0.25, -0.2) is 4.79 Å². The molecule has 0 amide bonds. The Bertz CT molecular complexity index is 710. The lowest BCUT2D eigenvalue weighted by molar-refractivity contribution is 0.0525. The van der Waals surface area contributed by atoms with Crippen LogP contribution in [-0.2, 0) is 4.74 Å². The second kappa shape index (κ2) is 5.09. The maximum atomic E-state index is 12.2. The standard InChI is InChI=1S/C13H15N3O3/c1-4-19-13(18)10-7-16-11(8(10)2)12(17)9(5-14-3)6-15-16/h5-7,15H,4H2,1-3H3. The molecule has 0 radical (unpaired) electrons. The van der Waals surface area contributed by atoms with E-state index in [2.05, 4.69) is 10.1 Å². The Morgan fingerprint density at radius 2 is 2.32 bits per heavy atom. The molecule has 0 saturated carbocycles. The zero-order valence-electron chi connectivity index (χ0n) is 11.1. The number of rotatable bonds is 3. The third-order valence-corrected chi connectivity index (χ3v) is 2.86. The molecule has 1 N–H and O–H groups in total. The van der Waals surface area contributed by atoms with Crippen molar-refractivity contribution in [3.8, 4) is 0 Å². The van der Waals surface area contributed by atoms with E-state index in [4.69, 9.17) is 4.74 Å². The van der Waals surface area contributed by atoms with Gasteiger partial charge in [-0.2, -0.15) is 0 Å². The predicted octanol–water partition coefficient (Wildman–Crippen LogP) is 1.16. The van der Waals surface area contributed by atoms with Crippen molar-refractivity contribution < 1.29 is 9.53 Å². The number of esters is 1. The minimum absolute atomic E-state index is 0.169. The van der Waals surface area contributed by atoms with E-state index in [1.165, 1.54) is 10.7 Å². The van der Waals surface area contributed by atoms with Gasteiger partial charge in [0, 0.05) is 25.7 Å². The van der Waals surface area contributed by atoms with Crippen molar-refractivity contribution in [2.45, 2.75) is 13.8 Å². The van der Waals surface area contributed by atoms with Crippen LogP contribution in [0.5, 0.6) is 0 Å². The normalized spacial score (nSPS) is 11.3. The Balaban J connectivity index is 2.68. The van der Waals surface area contributed by atoms with Crippen LogP contribution in [0.1, 0.15) is 28.4 Å². The summed E-state index contributed by atoms with van der Waals surface area (Å²) in [5.41, 5.74) is 1.70. The molecular formula is C13H15N3O3. The molecule has 0 spiro atoms. The van der Waals surface area contributed by atoms with Crippen molar-refractivity contribution in [2.24, 2.45) is 4.99 Å². The van der Waals surface area contributed by atoms with Gasteiger partial charge in [-0.1, -0.05) is 0 Å². The number of aliphatic imine (C=N–C) groups is 1. The Labute approximate surface area is 109 Å². The lowest BCUT2D eigenvalue weighted by Gasteiger charge is -1.99. The van der Waals surface area contributed by atoms with Gasteiger partial charge in [0.05, 0.1) is 17.7 Å². The number of H-pyrrole nitrogens is 1. The summed E-state index contributed by atoms with van der Waals surface area (Å²) in [7, 11) is 1.60. The number of aromatic amines is 1. The number of carbonyl (C=O) groups excluding carboxylic acids is 1. The molecule has 0 atom stereocenters. The first-order chi connectivity index (χ1) is 9.10. The van der Waals surface area contributed by atoms with Crippen LogP contribution < -0.4 is 5.43 Å². The molecule has 6 heteroatoms. The van der Waals surface area contributed by atoms with Crippen LogP contribution in [0, 0.1) is 6.92 Å². The molecule has 0 saturated heterocycles. The number of nitrogens with zero attached hydrogens (tertiary/aromatic N) is 2. The number of carbonyl (C=O) groups is 1. The van der Waals surface area contributed by atoms with Crippen molar-refractivity contribution in [2.75, 3.05) is 13.7 Å². The third kappa shape index (κ3) is 2.16. The van der Waals surface area contributed by atoms with Gasteiger partial charge in [-0.15, -0.1) is 0 Å². The van der Waals surface area contributed by atoms with Crippen molar-refractivity contribution >= 4 is 17.7 Å². The number of fused-ring (bicyclic) bond motifs is 1. The molecule has 100 valence electrons. The molecule has 0 aromatic carbocycles. The van der Waals surface area contributed by atoms with Crippen LogP contribution in [0.2, 0.25) is 0 Å². The molecular weight excluding hydrogens is 246 g/mol. The minimum atomic E-state index is -0.429. The smallest absolute Gasteiger partial charge is 0.340 e. The largest absolute Gasteiger partial charge is 0.462 e. The quantitative estimate of drug-likeness (QED) is 0.665. The van der Waals surface area contributed by atoms with Crippen LogP contribution in [-0.4, -0.2) is 35.5 Å². The van der Waals surface area contributed by atoms with E-state index in [1.54, 1.807) is 33.3 Å². The Morgan fingerprint density at radius 3 is 2.95 bits per heavy atom. The average Bonchev–Trinajstić information content (AvgIpc) is 2.71. The molecule has 6 nitrogen and oxygen atoms in total. The molecule has 19 heavy (non-hydrogen) atoms. The summed E-state index contributed by atoms with van der Waals surface area (Å²) in [4.78, 5) is 27.9. The summed E-state index contributed by atoms with van der Waals surface area (Å²) in [5.74, 6) is -0.429. The fourth-order valence-electron chi connectivity index (χ4n) is 1.97. The van der Waals surface area contributed by atoms with E-state index >= 15 is 0 Å². The highest BCUT2D eigenvalue weighted by molar-refractivity contribution is 5.94. The highest BCUT2D eigenvalue weighted by atomic mass is 16.5. The summed E-state index contributed by atoms with van der Waals surface area (Å²) in [6.07, 6.45) is 4.60. The Kier molecular flexibility index (Phi) is 3.50. The van der Waals surface area contributed by atoms with Crippen LogP contribution in [0.3, 0.4) is 0 Å². The maximum Gasteiger partial charge on any atom is 0.340 e. The number of aryl methyl sites for hydroxylation is 1. The van der Waals surface area contributed by atoms with E-state index in [9.17, 15) is 9.59 Å². The predicted molar refractivity (Wildman–Crippen MR) is 72.2 cm³/mol. The van der Waals surface area contributed by atoms with Crippen molar-refractivity contribution in [3.63, 3.8) is 0 Å².